The molecule has 1 heterocycles. The van der Waals surface area contributed by atoms with Crippen LogP contribution in [0.15, 0.2) is 65.6 Å². The van der Waals surface area contributed by atoms with Gasteiger partial charge in [0.2, 0.25) is 5.91 Å². The van der Waals surface area contributed by atoms with Crippen LogP contribution in [0.1, 0.15) is 44.7 Å². The molecule has 1 N–H and O–H groups in total. The van der Waals surface area contributed by atoms with Crippen molar-refractivity contribution in [2.75, 3.05) is 18.0 Å². The molecule has 0 unspecified atom stereocenters. The number of hydrogen-bond acceptors (Lipinski definition) is 4. The molecule has 1 aliphatic heterocycles. The molecule has 0 aliphatic carbocycles. The Morgan fingerprint density at radius 2 is 1.73 bits per heavy atom. The van der Waals surface area contributed by atoms with E-state index in [0.29, 0.717) is 22.9 Å². The summed E-state index contributed by atoms with van der Waals surface area (Å²) in [4.78, 5) is 13.1. The molecule has 1 aliphatic rings. The van der Waals surface area contributed by atoms with E-state index in [1.807, 2.05) is 48.5 Å². The van der Waals surface area contributed by atoms with Gasteiger partial charge in [-0.3, -0.25) is 9.10 Å². The van der Waals surface area contributed by atoms with Crippen LogP contribution in [0.5, 0.6) is 5.75 Å². The lowest BCUT2D eigenvalue weighted by Gasteiger charge is -2.22. The van der Waals surface area contributed by atoms with Gasteiger partial charge >= 0.3 is 0 Å². The molecule has 0 saturated carbocycles. The molecule has 1 amide bonds. The van der Waals surface area contributed by atoms with Crippen LogP contribution < -0.4 is 14.4 Å². The third-order valence-corrected chi connectivity index (χ3v) is 7.86. The minimum Gasteiger partial charge on any atom is -0.497 e. The maximum atomic E-state index is 13.1. The van der Waals surface area contributed by atoms with Gasteiger partial charge < -0.3 is 10.1 Å². The molecule has 4 rings (SSSR count). The van der Waals surface area contributed by atoms with E-state index in [9.17, 15) is 13.2 Å². The zero-order chi connectivity index (χ0) is 23.6. The van der Waals surface area contributed by atoms with Gasteiger partial charge in [0.15, 0.2) is 0 Å². The summed E-state index contributed by atoms with van der Waals surface area (Å²) in [5.41, 5.74) is 1.72. The van der Waals surface area contributed by atoms with E-state index in [0.717, 1.165) is 28.5 Å². The van der Waals surface area contributed by atoms with Gasteiger partial charge in [-0.05, 0) is 54.0 Å². The van der Waals surface area contributed by atoms with Gasteiger partial charge in [0, 0.05) is 18.4 Å². The summed E-state index contributed by atoms with van der Waals surface area (Å²) in [7, 11) is -1.97. The van der Waals surface area contributed by atoms with Crippen LogP contribution in [0.4, 0.5) is 5.69 Å². The average molecular weight is 467 g/mol. The van der Waals surface area contributed by atoms with Crippen molar-refractivity contribution in [3.05, 3.63) is 66.2 Å². The molecule has 0 spiro atoms. The van der Waals surface area contributed by atoms with E-state index in [2.05, 4.69) is 19.2 Å². The number of ether oxygens (including phenoxy) is 1. The molecular weight excluding hydrogens is 436 g/mol. The standard InChI is InChI=1S/C26H30N2O4S/c1-18(2)17-22(19-12-14-21(32-3)15-13-19)27-25(29)11-6-16-28-23-9-4-7-20-8-5-10-24(26(20)23)33(28,30)31/h4-5,7-10,12-15,18,22H,6,11,16-17H2,1-3H3,(H,27,29)/t22-/m0/s1. The van der Waals surface area contributed by atoms with Crippen LogP contribution in [-0.2, 0) is 14.8 Å². The van der Waals surface area contributed by atoms with Crippen molar-refractivity contribution in [1.82, 2.24) is 5.32 Å². The quantitative estimate of drug-likeness (QED) is 0.479. The van der Waals surface area contributed by atoms with Crippen LogP contribution in [0, 0.1) is 5.92 Å². The molecule has 3 aromatic carbocycles. The van der Waals surface area contributed by atoms with Crippen LogP contribution in [0.25, 0.3) is 10.8 Å². The molecule has 0 radical (unpaired) electrons. The van der Waals surface area contributed by atoms with Crippen molar-refractivity contribution in [2.24, 2.45) is 5.92 Å². The van der Waals surface area contributed by atoms with E-state index in [4.69, 9.17) is 4.74 Å². The molecule has 0 aromatic heterocycles. The first-order chi connectivity index (χ1) is 15.8. The van der Waals surface area contributed by atoms with E-state index in [1.165, 1.54) is 4.31 Å². The van der Waals surface area contributed by atoms with E-state index >= 15 is 0 Å². The number of nitrogens with one attached hydrogen (secondary N) is 1. The van der Waals surface area contributed by atoms with Crippen molar-refractivity contribution in [3.8, 4) is 5.75 Å². The molecule has 174 valence electrons. The summed E-state index contributed by atoms with van der Waals surface area (Å²) in [5, 5.41) is 4.81. The number of amides is 1. The number of rotatable bonds is 9. The second-order valence-corrected chi connectivity index (χ2v) is 10.7. The molecule has 7 heteroatoms. The monoisotopic (exact) mass is 466 g/mol. The fourth-order valence-electron chi connectivity index (χ4n) is 4.43. The highest BCUT2D eigenvalue weighted by molar-refractivity contribution is 7.93. The lowest BCUT2D eigenvalue weighted by Crippen LogP contribution is -2.32. The Bertz CT molecular complexity index is 1250. The lowest BCUT2D eigenvalue weighted by atomic mass is 9.96. The molecular formula is C26H30N2O4S. The molecule has 3 aromatic rings. The van der Waals surface area contributed by atoms with Gasteiger partial charge in [0.25, 0.3) is 10.0 Å². The third-order valence-electron chi connectivity index (χ3n) is 6.01. The molecule has 33 heavy (non-hydrogen) atoms. The van der Waals surface area contributed by atoms with Crippen LogP contribution in [0.2, 0.25) is 0 Å². The van der Waals surface area contributed by atoms with Crippen LogP contribution >= 0.6 is 0 Å². The van der Waals surface area contributed by atoms with Crippen molar-refractivity contribution in [3.63, 3.8) is 0 Å². The number of nitrogens with zero attached hydrogens (tertiary/aromatic N) is 1. The van der Waals surface area contributed by atoms with Gasteiger partial charge in [0.1, 0.15) is 5.75 Å². The summed E-state index contributed by atoms with van der Waals surface area (Å²) in [6.07, 6.45) is 1.51. The first kappa shape index (κ1) is 23.1. The Balaban J connectivity index is 1.42. The van der Waals surface area contributed by atoms with Crippen molar-refractivity contribution < 1.29 is 17.9 Å². The second kappa shape index (κ2) is 9.43. The highest BCUT2D eigenvalue weighted by Gasteiger charge is 2.35. The number of benzene rings is 3. The number of carbonyl (C=O) groups is 1. The number of anilines is 1. The van der Waals surface area contributed by atoms with E-state index in [1.54, 1.807) is 19.2 Å². The van der Waals surface area contributed by atoms with Gasteiger partial charge in [-0.15, -0.1) is 0 Å². The van der Waals surface area contributed by atoms with Gasteiger partial charge in [-0.25, -0.2) is 8.42 Å². The number of methoxy groups -OCH3 is 1. The Hall–Kier alpha value is -3.06. The van der Waals surface area contributed by atoms with Gasteiger partial charge in [0.05, 0.1) is 23.7 Å². The Morgan fingerprint density at radius 3 is 2.39 bits per heavy atom. The smallest absolute Gasteiger partial charge is 0.265 e. The summed E-state index contributed by atoms with van der Waals surface area (Å²) in [6.45, 7) is 4.51. The second-order valence-electron chi connectivity index (χ2n) is 8.83. The van der Waals surface area contributed by atoms with Gasteiger partial charge in [-0.2, -0.15) is 0 Å². The van der Waals surface area contributed by atoms with E-state index in [-0.39, 0.29) is 24.9 Å². The normalized spacial score (nSPS) is 15.1. The van der Waals surface area contributed by atoms with E-state index < -0.39 is 10.0 Å². The zero-order valence-electron chi connectivity index (χ0n) is 19.2. The van der Waals surface area contributed by atoms with Gasteiger partial charge in [-0.1, -0.05) is 50.2 Å². The summed E-state index contributed by atoms with van der Waals surface area (Å²) < 4.78 is 32.9. The Kier molecular flexibility index (Phi) is 6.61. The highest BCUT2D eigenvalue weighted by atomic mass is 32.2. The summed E-state index contributed by atoms with van der Waals surface area (Å²) >= 11 is 0. The first-order valence-electron chi connectivity index (χ1n) is 11.3. The molecule has 0 bridgehead atoms. The maximum absolute atomic E-state index is 13.1. The van der Waals surface area contributed by atoms with Crippen molar-refractivity contribution >= 4 is 32.4 Å². The summed E-state index contributed by atoms with van der Waals surface area (Å²) in [6, 6.07) is 18.6. The largest absolute Gasteiger partial charge is 0.497 e. The fourth-order valence-corrected chi connectivity index (χ4v) is 6.18. The topological polar surface area (TPSA) is 75.7 Å². The molecule has 1 atom stereocenters. The molecule has 6 nitrogen and oxygen atoms in total. The minimum absolute atomic E-state index is 0.0798. The zero-order valence-corrected chi connectivity index (χ0v) is 20.1. The Morgan fingerprint density at radius 1 is 1.03 bits per heavy atom. The summed E-state index contributed by atoms with van der Waals surface area (Å²) in [5.74, 6) is 1.10. The number of carbonyl (C=O) groups excluding carboxylic acids is 1. The number of hydrogen-bond donors (Lipinski definition) is 1. The van der Waals surface area contributed by atoms with Crippen molar-refractivity contribution in [1.29, 1.82) is 0 Å². The van der Waals surface area contributed by atoms with Crippen LogP contribution in [0.3, 0.4) is 0 Å². The van der Waals surface area contributed by atoms with Crippen LogP contribution in [-0.4, -0.2) is 28.0 Å². The first-order valence-corrected chi connectivity index (χ1v) is 12.7. The third kappa shape index (κ3) is 4.69. The maximum Gasteiger partial charge on any atom is 0.265 e. The number of sulfonamides is 1. The molecule has 0 saturated heterocycles. The SMILES string of the molecule is COc1ccc([C@H](CC(C)C)NC(=O)CCCN2c3cccc4cccc(c34)S2(=O)=O)cc1. The minimum atomic E-state index is -3.60. The average Bonchev–Trinajstić information content (AvgIpc) is 3.01. The highest BCUT2D eigenvalue weighted by Crippen LogP contribution is 2.42. The predicted octanol–water partition coefficient (Wildman–Crippen LogP) is 5.04. The van der Waals surface area contributed by atoms with Crippen molar-refractivity contribution in [2.45, 2.75) is 44.0 Å². The predicted molar refractivity (Wildman–Crippen MR) is 131 cm³/mol. The molecule has 0 fully saturated rings. The fraction of sp³-hybridized carbons (Fsp3) is 0.346. The Labute approximate surface area is 195 Å². The lowest BCUT2D eigenvalue weighted by molar-refractivity contribution is -0.122.